The van der Waals surface area contributed by atoms with Crippen LogP contribution >= 0.6 is 0 Å². The lowest BCUT2D eigenvalue weighted by Crippen LogP contribution is -2.32. The molecule has 1 aliphatic carbocycles. The number of benzene rings is 1. The minimum atomic E-state index is -4.84. The maximum Gasteiger partial charge on any atom is 0.573 e. The van der Waals surface area contributed by atoms with Gasteiger partial charge >= 0.3 is 6.36 Å². The van der Waals surface area contributed by atoms with Gasteiger partial charge in [0.25, 0.3) is 0 Å². The predicted octanol–water partition coefficient (Wildman–Crippen LogP) is 2.99. The van der Waals surface area contributed by atoms with Crippen LogP contribution in [0.15, 0.2) is 36.9 Å². The average molecular weight is 342 g/mol. The fraction of sp³-hybridized carbons (Fsp3) is 0.375. The van der Waals surface area contributed by atoms with Crippen LogP contribution in [-0.2, 0) is 9.59 Å². The molecular formula is C16H17F3N2O3. The Kier molecular flexibility index (Phi) is 5.48. The van der Waals surface area contributed by atoms with Gasteiger partial charge in [-0.05, 0) is 37.5 Å². The van der Waals surface area contributed by atoms with Crippen LogP contribution in [0.5, 0.6) is 5.75 Å². The summed E-state index contributed by atoms with van der Waals surface area (Å²) in [6, 6.07) is 5.21. The van der Waals surface area contributed by atoms with Crippen molar-refractivity contribution < 1.29 is 27.5 Å². The second-order valence-corrected chi connectivity index (χ2v) is 5.45. The van der Waals surface area contributed by atoms with Gasteiger partial charge in [0.1, 0.15) is 0 Å². The lowest BCUT2D eigenvalue weighted by molar-refractivity contribution is -0.274. The third-order valence-electron chi connectivity index (χ3n) is 3.71. The molecule has 2 atom stereocenters. The normalized spacial score (nSPS) is 20.3. The van der Waals surface area contributed by atoms with E-state index in [1.54, 1.807) is 0 Å². The molecule has 5 nitrogen and oxygen atoms in total. The molecule has 2 rings (SSSR count). The molecule has 8 heteroatoms. The number of carbonyl (C=O) groups is 2. The molecule has 0 bridgehead atoms. The first-order chi connectivity index (χ1) is 11.3. The van der Waals surface area contributed by atoms with Crippen LogP contribution < -0.4 is 15.4 Å². The van der Waals surface area contributed by atoms with Gasteiger partial charge in [-0.25, -0.2) is 0 Å². The van der Waals surface area contributed by atoms with E-state index in [0.717, 1.165) is 12.1 Å². The van der Waals surface area contributed by atoms with Gasteiger partial charge in [0.2, 0.25) is 11.8 Å². The number of ether oxygens (including phenoxy) is 1. The fourth-order valence-corrected chi connectivity index (χ4v) is 2.63. The Morgan fingerprint density at radius 3 is 2.62 bits per heavy atom. The van der Waals surface area contributed by atoms with Crippen LogP contribution in [0.25, 0.3) is 0 Å². The molecule has 0 radical (unpaired) electrons. The molecule has 1 saturated carbocycles. The fourth-order valence-electron chi connectivity index (χ4n) is 2.63. The van der Waals surface area contributed by atoms with E-state index in [4.69, 9.17) is 0 Å². The molecular weight excluding hydrogens is 325 g/mol. The molecule has 1 aromatic carbocycles. The zero-order valence-corrected chi connectivity index (χ0v) is 12.7. The number of anilines is 1. The summed E-state index contributed by atoms with van der Waals surface area (Å²) in [6.45, 7) is 3.35. The Hall–Kier alpha value is -2.51. The summed E-state index contributed by atoms with van der Waals surface area (Å²) in [6.07, 6.45) is -2.10. The average Bonchev–Trinajstić information content (AvgIpc) is 2.96. The van der Waals surface area contributed by atoms with Gasteiger partial charge in [-0.1, -0.05) is 18.7 Å². The summed E-state index contributed by atoms with van der Waals surface area (Å²) in [4.78, 5) is 23.5. The molecule has 1 aliphatic rings. The van der Waals surface area contributed by atoms with E-state index in [2.05, 4.69) is 21.9 Å². The quantitative estimate of drug-likeness (QED) is 0.809. The topological polar surface area (TPSA) is 67.4 Å². The molecule has 0 aliphatic heterocycles. The maximum absolute atomic E-state index is 12.4. The van der Waals surface area contributed by atoms with Crippen molar-refractivity contribution in [2.24, 2.45) is 5.92 Å². The lowest BCUT2D eigenvalue weighted by atomic mass is 10.1. The summed E-state index contributed by atoms with van der Waals surface area (Å²) >= 11 is 0. The van der Waals surface area contributed by atoms with Gasteiger partial charge in [-0.15, -0.1) is 13.2 Å². The first-order valence-electron chi connectivity index (χ1n) is 7.37. The zero-order valence-electron chi connectivity index (χ0n) is 12.7. The van der Waals surface area contributed by atoms with Crippen LogP contribution in [-0.4, -0.2) is 24.2 Å². The summed E-state index contributed by atoms with van der Waals surface area (Å²) in [7, 11) is 0. The Balaban J connectivity index is 1.98. The number of carbonyl (C=O) groups excluding carboxylic acids is 2. The van der Waals surface area contributed by atoms with Crippen LogP contribution in [0.3, 0.4) is 0 Å². The van der Waals surface area contributed by atoms with Crippen LogP contribution in [0.4, 0.5) is 18.9 Å². The monoisotopic (exact) mass is 342 g/mol. The first-order valence-corrected chi connectivity index (χ1v) is 7.37. The minimum absolute atomic E-state index is 0.0431. The van der Waals surface area contributed by atoms with Gasteiger partial charge in [-0.2, -0.15) is 0 Å². The predicted molar refractivity (Wildman–Crippen MR) is 81.2 cm³/mol. The molecule has 2 N–H and O–H groups in total. The van der Waals surface area contributed by atoms with E-state index in [0.29, 0.717) is 19.3 Å². The van der Waals surface area contributed by atoms with Crippen LogP contribution in [0.2, 0.25) is 0 Å². The summed E-state index contributed by atoms with van der Waals surface area (Å²) in [5.41, 5.74) is -0.0431. The van der Waals surface area contributed by atoms with Crippen molar-refractivity contribution in [1.29, 1.82) is 0 Å². The van der Waals surface area contributed by atoms with Crippen LogP contribution in [0.1, 0.15) is 19.3 Å². The third kappa shape index (κ3) is 5.00. The lowest BCUT2D eigenvalue weighted by Gasteiger charge is -2.16. The number of hydrogen-bond acceptors (Lipinski definition) is 3. The minimum Gasteiger partial charge on any atom is -0.404 e. The van der Waals surface area contributed by atoms with E-state index < -0.39 is 18.0 Å². The number of halogens is 3. The standard InChI is InChI=1S/C16H17F3N2O3/c1-2-14(22)20-11-8-7-10(9-11)15(23)21-12-5-3-4-6-13(12)24-16(17,18)19/h2-6,10-11H,1,7-9H2,(H,20,22)(H,21,23)/t10-,11-/m0/s1. The van der Waals surface area contributed by atoms with Gasteiger partial charge in [-0.3, -0.25) is 9.59 Å². The molecule has 0 unspecified atom stereocenters. The van der Waals surface area contributed by atoms with Crippen molar-refractivity contribution in [2.75, 3.05) is 5.32 Å². The van der Waals surface area contributed by atoms with Crippen molar-refractivity contribution >= 4 is 17.5 Å². The largest absolute Gasteiger partial charge is 0.573 e. The molecule has 24 heavy (non-hydrogen) atoms. The number of rotatable bonds is 5. The third-order valence-corrected chi connectivity index (χ3v) is 3.71. The highest BCUT2D eigenvalue weighted by Crippen LogP contribution is 2.32. The summed E-state index contributed by atoms with van der Waals surface area (Å²) < 4.78 is 41.1. The number of alkyl halides is 3. The van der Waals surface area contributed by atoms with E-state index in [1.807, 2.05) is 0 Å². The maximum atomic E-state index is 12.4. The van der Waals surface area contributed by atoms with Crippen molar-refractivity contribution in [3.05, 3.63) is 36.9 Å². The number of para-hydroxylation sites is 2. The summed E-state index contributed by atoms with van der Waals surface area (Å²) in [5, 5.41) is 5.18. The molecule has 0 saturated heterocycles. The second-order valence-electron chi connectivity index (χ2n) is 5.45. The Labute approximate surface area is 136 Å². The van der Waals surface area contributed by atoms with Crippen LogP contribution in [0, 0.1) is 5.92 Å². The highest BCUT2D eigenvalue weighted by Gasteiger charge is 2.33. The van der Waals surface area contributed by atoms with Gasteiger partial charge in [0.05, 0.1) is 5.69 Å². The van der Waals surface area contributed by atoms with Crippen molar-refractivity contribution in [3.63, 3.8) is 0 Å². The van der Waals surface area contributed by atoms with E-state index in [1.165, 1.54) is 18.2 Å². The number of amides is 2. The molecule has 2 amide bonds. The number of hydrogen-bond donors (Lipinski definition) is 2. The molecule has 0 aromatic heterocycles. The molecule has 1 fully saturated rings. The Morgan fingerprint density at radius 2 is 1.96 bits per heavy atom. The van der Waals surface area contributed by atoms with Crippen molar-refractivity contribution in [1.82, 2.24) is 5.32 Å². The molecule has 0 heterocycles. The van der Waals surface area contributed by atoms with Crippen molar-refractivity contribution in [2.45, 2.75) is 31.7 Å². The van der Waals surface area contributed by atoms with E-state index in [9.17, 15) is 22.8 Å². The SMILES string of the molecule is C=CC(=O)N[C@H]1CC[C@H](C(=O)Nc2ccccc2OC(F)(F)F)C1. The molecule has 0 spiro atoms. The Bertz CT molecular complexity index is 631. The van der Waals surface area contributed by atoms with E-state index >= 15 is 0 Å². The molecule has 130 valence electrons. The number of nitrogens with one attached hydrogen (secondary N) is 2. The summed E-state index contributed by atoms with van der Waals surface area (Å²) in [5.74, 6) is -1.57. The highest BCUT2D eigenvalue weighted by molar-refractivity contribution is 5.94. The van der Waals surface area contributed by atoms with Gasteiger partial charge in [0, 0.05) is 12.0 Å². The Morgan fingerprint density at radius 1 is 1.25 bits per heavy atom. The first kappa shape index (κ1) is 17.8. The van der Waals surface area contributed by atoms with Gasteiger partial charge < -0.3 is 15.4 Å². The van der Waals surface area contributed by atoms with E-state index in [-0.39, 0.29) is 23.6 Å². The highest BCUT2D eigenvalue weighted by atomic mass is 19.4. The van der Waals surface area contributed by atoms with Crippen molar-refractivity contribution in [3.8, 4) is 5.75 Å². The van der Waals surface area contributed by atoms with Gasteiger partial charge in [0.15, 0.2) is 5.75 Å². The molecule has 1 aromatic rings. The second kappa shape index (κ2) is 7.37. The zero-order chi connectivity index (χ0) is 17.7. The smallest absolute Gasteiger partial charge is 0.404 e.